The molecule has 1 heterocycles. The molecule has 2 N–H and O–H groups in total. The molecule has 0 fully saturated rings. The first kappa shape index (κ1) is 14.9. The maximum absolute atomic E-state index is 13.0. The van der Waals surface area contributed by atoms with Crippen molar-refractivity contribution in [3.63, 3.8) is 0 Å². The largest absolute Gasteiger partial charge is 0.399 e. The van der Waals surface area contributed by atoms with Crippen molar-refractivity contribution in [1.82, 2.24) is 0 Å². The Morgan fingerprint density at radius 2 is 1.91 bits per heavy atom. The summed E-state index contributed by atoms with van der Waals surface area (Å²) in [4.78, 5) is 0.247. The Labute approximate surface area is 131 Å². The molecule has 116 valence electrons. The first-order valence-electron chi connectivity index (χ1n) is 7.47. The Kier molecular flexibility index (Phi) is 3.83. The number of anilines is 2. The van der Waals surface area contributed by atoms with Crippen molar-refractivity contribution >= 4 is 21.4 Å². The van der Waals surface area contributed by atoms with E-state index in [1.165, 1.54) is 10.4 Å². The molecule has 1 aliphatic rings. The minimum absolute atomic E-state index is 0.247. The molecule has 1 aliphatic heterocycles. The van der Waals surface area contributed by atoms with Gasteiger partial charge in [-0.1, -0.05) is 31.2 Å². The molecule has 5 heteroatoms. The number of nitrogens with two attached hydrogens (primary N) is 1. The third-order valence-corrected chi connectivity index (χ3v) is 5.99. The molecule has 0 radical (unpaired) electrons. The fourth-order valence-electron chi connectivity index (χ4n) is 3.00. The van der Waals surface area contributed by atoms with E-state index < -0.39 is 10.0 Å². The molecule has 0 bridgehead atoms. The Bertz CT molecular complexity index is 787. The monoisotopic (exact) mass is 316 g/mol. The average molecular weight is 316 g/mol. The first-order chi connectivity index (χ1) is 10.5. The zero-order chi connectivity index (χ0) is 15.7. The minimum Gasteiger partial charge on any atom is -0.399 e. The van der Waals surface area contributed by atoms with E-state index in [2.05, 4.69) is 6.92 Å². The van der Waals surface area contributed by atoms with Crippen LogP contribution in [0.4, 0.5) is 11.4 Å². The third-order valence-electron chi connectivity index (χ3n) is 4.18. The number of para-hydroxylation sites is 1. The van der Waals surface area contributed by atoms with Crippen LogP contribution in [0.2, 0.25) is 0 Å². The SMILES string of the molecule is CC1CCCN(S(=O)(=O)c2cccc(N)c2)c2ccccc21. The summed E-state index contributed by atoms with van der Waals surface area (Å²) in [6.45, 7) is 2.65. The fraction of sp³-hybridized carbons (Fsp3) is 0.294. The summed E-state index contributed by atoms with van der Waals surface area (Å²) in [7, 11) is -3.59. The van der Waals surface area contributed by atoms with E-state index in [1.54, 1.807) is 18.2 Å². The van der Waals surface area contributed by atoms with E-state index in [0.29, 0.717) is 18.2 Å². The van der Waals surface area contributed by atoms with Gasteiger partial charge in [-0.25, -0.2) is 8.42 Å². The summed E-state index contributed by atoms with van der Waals surface area (Å²) in [6.07, 6.45) is 1.83. The van der Waals surface area contributed by atoms with Gasteiger partial charge in [0.25, 0.3) is 10.0 Å². The highest BCUT2D eigenvalue weighted by molar-refractivity contribution is 7.92. The quantitative estimate of drug-likeness (QED) is 0.864. The maximum Gasteiger partial charge on any atom is 0.264 e. The van der Waals surface area contributed by atoms with Crippen LogP contribution in [0, 0.1) is 0 Å². The van der Waals surface area contributed by atoms with E-state index in [4.69, 9.17) is 5.73 Å². The van der Waals surface area contributed by atoms with Gasteiger partial charge >= 0.3 is 0 Å². The lowest BCUT2D eigenvalue weighted by molar-refractivity contribution is 0.588. The molecule has 0 aliphatic carbocycles. The van der Waals surface area contributed by atoms with Gasteiger partial charge in [-0.2, -0.15) is 0 Å². The number of hydrogen-bond acceptors (Lipinski definition) is 3. The molecule has 0 saturated carbocycles. The van der Waals surface area contributed by atoms with Crippen molar-refractivity contribution in [3.05, 3.63) is 54.1 Å². The molecule has 1 atom stereocenters. The summed E-state index contributed by atoms with van der Waals surface area (Å²) in [5.41, 5.74) is 8.08. The zero-order valence-corrected chi connectivity index (χ0v) is 13.4. The van der Waals surface area contributed by atoms with Crippen LogP contribution in [-0.2, 0) is 10.0 Å². The summed E-state index contributed by atoms with van der Waals surface area (Å²) >= 11 is 0. The topological polar surface area (TPSA) is 63.4 Å². The highest BCUT2D eigenvalue weighted by Crippen LogP contribution is 2.36. The molecular weight excluding hydrogens is 296 g/mol. The van der Waals surface area contributed by atoms with E-state index in [0.717, 1.165) is 24.1 Å². The van der Waals surface area contributed by atoms with E-state index in [9.17, 15) is 8.42 Å². The second-order valence-corrected chi connectivity index (χ2v) is 7.61. The van der Waals surface area contributed by atoms with Crippen LogP contribution in [0.3, 0.4) is 0 Å². The second kappa shape index (κ2) is 5.65. The number of rotatable bonds is 2. The summed E-state index contributed by atoms with van der Waals surface area (Å²) in [6, 6.07) is 14.2. The van der Waals surface area contributed by atoms with Gasteiger partial charge < -0.3 is 5.73 Å². The minimum atomic E-state index is -3.59. The number of hydrogen-bond donors (Lipinski definition) is 1. The van der Waals surface area contributed by atoms with Crippen LogP contribution < -0.4 is 10.0 Å². The second-order valence-electron chi connectivity index (χ2n) is 5.75. The van der Waals surface area contributed by atoms with Gasteiger partial charge in [0.15, 0.2) is 0 Å². The van der Waals surface area contributed by atoms with E-state index >= 15 is 0 Å². The first-order valence-corrected chi connectivity index (χ1v) is 8.91. The predicted molar refractivity (Wildman–Crippen MR) is 89.5 cm³/mol. The molecule has 0 aromatic heterocycles. The van der Waals surface area contributed by atoms with Crippen LogP contribution in [0.15, 0.2) is 53.4 Å². The van der Waals surface area contributed by atoms with Crippen LogP contribution >= 0.6 is 0 Å². The Balaban J connectivity index is 2.13. The molecular formula is C17H20N2O2S. The van der Waals surface area contributed by atoms with Gasteiger partial charge in [0.05, 0.1) is 10.6 Å². The lowest BCUT2D eigenvalue weighted by Gasteiger charge is -2.25. The molecule has 3 rings (SSSR count). The molecule has 4 nitrogen and oxygen atoms in total. The molecule has 0 amide bonds. The van der Waals surface area contributed by atoms with Gasteiger partial charge in [0.2, 0.25) is 0 Å². The molecule has 0 saturated heterocycles. The predicted octanol–water partition coefficient (Wildman–Crippen LogP) is 3.36. The third kappa shape index (κ3) is 2.57. The van der Waals surface area contributed by atoms with Crippen LogP contribution in [0.25, 0.3) is 0 Å². The standard InChI is InChI=1S/C17H20N2O2S/c1-13-6-5-11-19(17-10-3-2-9-16(13)17)22(20,21)15-8-4-7-14(18)12-15/h2-4,7-10,12-13H,5-6,11,18H2,1H3. The van der Waals surface area contributed by atoms with Crippen molar-refractivity contribution < 1.29 is 8.42 Å². The Morgan fingerprint density at radius 3 is 2.68 bits per heavy atom. The molecule has 2 aromatic carbocycles. The Hall–Kier alpha value is -2.01. The van der Waals surface area contributed by atoms with Crippen molar-refractivity contribution in [3.8, 4) is 0 Å². The van der Waals surface area contributed by atoms with Crippen LogP contribution in [0.1, 0.15) is 31.2 Å². The lowest BCUT2D eigenvalue weighted by atomic mass is 9.96. The van der Waals surface area contributed by atoms with Crippen molar-refractivity contribution in [2.24, 2.45) is 0 Å². The fourth-order valence-corrected chi connectivity index (χ4v) is 4.59. The average Bonchev–Trinajstić information content (AvgIpc) is 2.67. The zero-order valence-electron chi connectivity index (χ0n) is 12.6. The normalized spacial score (nSPS) is 18.6. The number of fused-ring (bicyclic) bond motifs is 1. The summed E-state index contributed by atoms with van der Waals surface area (Å²) < 4.78 is 27.6. The van der Waals surface area contributed by atoms with E-state index in [-0.39, 0.29) is 4.90 Å². The molecule has 1 unspecified atom stereocenters. The summed E-state index contributed by atoms with van der Waals surface area (Å²) in [5, 5.41) is 0. The molecule has 2 aromatic rings. The van der Waals surface area contributed by atoms with Crippen molar-refractivity contribution in [2.45, 2.75) is 30.6 Å². The number of sulfonamides is 1. The number of nitrogen functional groups attached to an aromatic ring is 1. The molecule has 0 spiro atoms. The van der Waals surface area contributed by atoms with E-state index in [1.807, 2.05) is 24.3 Å². The van der Waals surface area contributed by atoms with Gasteiger partial charge in [-0.15, -0.1) is 0 Å². The smallest absolute Gasteiger partial charge is 0.264 e. The van der Waals surface area contributed by atoms with Crippen LogP contribution in [0.5, 0.6) is 0 Å². The van der Waals surface area contributed by atoms with Crippen molar-refractivity contribution in [2.75, 3.05) is 16.6 Å². The summed E-state index contributed by atoms with van der Waals surface area (Å²) in [5.74, 6) is 0.359. The van der Waals surface area contributed by atoms with Crippen LogP contribution in [-0.4, -0.2) is 15.0 Å². The number of benzene rings is 2. The highest BCUT2D eigenvalue weighted by Gasteiger charge is 2.29. The highest BCUT2D eigenvalue weighted by atomic mass is 32.2. The Morgan fingerprint density at radius 1 is 1.14 bits per heavy atom. The van der Waals surface area contributed by atoms with Gasteiger partial charge in [0.1, 0.15) is 0 Å². The van der Waals surface area contributed by atoms with Crippen molar-refractivity contribution in [1.29, 1.82) is 0 Å². The molecule has 22 heavy (non-hydrogen) atoms. The maximum atomic E-state index is 13.0. The lowest BCUT2D eigenvalue weighted by Crippen LogP contribution is -2.31. The van der Waals surface area contributed by atoms with Gasteiger partial charge in [-0.05, 0) is 48.6 Å². The number of nitrogens with zero attached hydrogens (tertiary/aromatic N) is 1. The van der Waals surface area contributed by atoms with Gasteiger partial charge in [-0.3, -0.25) is 4.31 Å². The van der Waals surface area contributed by atoms with Gasteiger partial charge in [0, 0.05) is 12.2 Å².